The molecule has 1 fully saturated rings. The van der Waals surface area contributed by atoms with E-state index in [0.717, 1.165) is 31.6 Å². The minimum absolute atomic E-state index is 0.0627. The Bertz CT molecular complexity index is 344. The summed E-state index contributed by atoms with van der Waals surface area (Å²) in [7, 11) is 0. The molecule has 0 amide bonds. The van der Waals surface area contributed by atoms with Crippen molar-refractivity contribution in [3.05, 3.63) is 34.1 Å². The average Bonchev–Trinajstić information content (AvgIpc) is 2.30. The minimum atomic E-state index is -0.417. The van der Waals surface area contributed by atoms with E-state index in [1.165, 1.54) is 12.3 Å². The molecular formula is C10H13N3O2. The second-order valence-electron chi connectivity index (χ2n) is 3.72. The molecule has 5 nitrogen and oxygen atoms in total. The molecule has 2 rings (SSSR count). The van der Waals surface area contributed by atoms with Gasteiger partial charge < -0.3 is 5.32 Å². The Hall–Kier alpha value is -1.49. The third kappa shape index (κ3) is 2.30. The highest BCUT2D eigenvalue weighted by Gasteiger charge is 2.17. The van der Waals surface area contributed by atoms with Crippen LogP contribution in [0.3, 0.4) is 0 Å². The van der Waals surface area contributed by atoms with E-state index in [0.29, 0.717) is 5.92 Å². The molecule has 0 unspecified atom stereocenters. The molecule has 0 aliphatic carbocycles. The van der Waals surface area contributed by atoms with Gasteiger partial charge in [-0.2, -0.15) is 0 Å². The molecule has 1 aromatic rings. The van der Waals surface area contributed by atoms with Crippen LogP contribution in [-0.2, 0) is 0 Å². The quantitative estimate of drug-likeness (QED) is 0.588. The maximum absolute atomic E-state index is 10.4. The van der Waals surface area contributed by atoms with Crippen LogP contribution in [0.15, 0.2) is 18.3 Å². The first-order chi connectivity index (χ1) is 7.27. The van der Waals surface area contributed by atoms with Crippen molar-refractivity contribution in [3.63, 3.8) is 0 Å². The summed E-state index contributed by atoms with van der Waals surface area (Å²) in [6.45, 7) is 2.01. The van der Waals surface area contributed by atoms with Gasteiger partial charge in [-0.3, -0.25) is 15.1 Å². The molecule has 0 aromatic carbocycles. The van der Waals surface area contributed by atoms with E-state index in [9.17, 15) is 10.1 Å². The molecule has 1 aliphatic heterocycles. The normalized spacial score (nSPS) is 17.6. The number of nitrogens with one attached hydrogen (secondary N) is 1. The van der Waals surface area contributed by atoms with Crippen molar-refractivity contribution in [1.29, 1.82) is 0 Å². The zero-order valence-electron chi connectivity index (χ0n) is 8.35. The van der Waals surface area contributed by atoms with Gasteiger partial charge in [-0.25, -0.2) is 0 Å². The Kier molecular flexibility index (Phi) is 2.91. The van der Waals surface area contributed by atoms with Gasteiger partial charge in [-0.15, -0.1) is 0 Å². The van der Waals surface area contributed by atoms with Crippen LogP contribution < -0.4 is 5.32 Å². The van der Waals surface area contributed by atoms with E-state index in [1.807, 2.05) is 0 Å². The molecule has 80 valence electrons. The van der Waals surface area contributed by atoms with E-state index in [-0.39, 0.29) is 5.69 Å². The number of piperidine rings is 1. The monoisotopic (exact) mass is 207 g/mol. The maximum atomic E-state index is 10.4. The molecule has 1 saturated heterocycles. The minimum Gasteiger partial charge on any atom is -0.317 e. The number of nitrogens with zero attached hydrogens (tertiary/aromatic N) is 2. The predicted molar refractivity (Wildman–Crippen MR) is 55.7 cm³/mol. The largest absolute Gasteiger partial charge is 0.317 e. The van der Waals surface area contributed by atoms with Crippen molar-refractivity contribution in [2.45, 2.75) is 18.8 Å². The topological polar surface area (TPSA) is 68.1 Å². The van der Waals surface area contributed by atoms with Gasteiger partial charge in [0.2, 0.25) is 0 Å². The lowest BCUT2D eigenvalue weighted by Gasteiger charge is -2.21. The highest BCUT2D eigenvalue weighted by atomic mass is 16.6. The number of aromatic nitrogens is 1. The Morgan fingerprint density at radius 3 is 2.67 bits per heavy atom. The van der Waals surface area contributed by atoms with E-state index in [2.05, 4.69) is 10.3 Å². The predicted octanol–water partition coefficient (Wildman–Crippen LogP) is 1.46. The zero-order valence-corrected chi connectivity index (χ0v) is 8.35. The highest BCUT2D eigenvalue weighted by Crippen LogP contribution is 2.24. The van der Waals surface area contributed by atoms with Gasteiger partial charge in [0.25, 0.3) is 5.69 Å². The molecule has 1 N–H and O–H groups in total. The summed E-state index contributed by atoms with van der Waals surface area (Å²) in [5.41, 5.74) is 1.04. The summed E-state index contributed by atoms with van der Waals surface area (Å²) in [5.74, 6) is 0.451. The van der Waals surface area contributed by atoms with Crippen LogP contribution in [0.2, 0.25) is 0 Å². The second kappa shape index (κ2) is 4.35. The number of hydrogen-bond acceptors (Lipinski definition) is 4. The van der Waals surface area contributed by atoms with Crippen molar-refractivity contribution in [2.75, 3.05) is 13.1 Å². The van der Waals surface area contributed by atoms with Gasteiger partial charge in [-0.05, 0) is 32.0 Å². The van der Waals surface area contributed by atoms with Crippen molar-refractivity contribution in [2.24, 2.45) is 0 Å². The smallest absolute Gasteiger partial charge is 0.287 e. The first-order valence-electron chi connectivity index (χ1n) is 5.08. The van der Waals surface area contributed by atoms with Crippen LogP contribution in [0, 0.1) is 10.1 Å². The van der Waals surface area contributed by atoms with E-state index in [1.54, 1.807) is 6.07 Å². The summed E-state index contributed by atoms with van der Waals surface area (Å²) in [6.07, 6.45) is 3.47. The maximum Gasteiger partial charge on any atom is 0.287 e. The van der Waals surface area contributed by atoms with Crippen LogP contribution in [0.1, 0.15) is 24.5 Å². The van der Waals surface area contributed by atoms with Crippen molar-refractivity contribution >= 4 is 5.69 Å². The Morgan fingerprint density at radius 1 is 1.40 bits per heavy atom. The van der Waals surface area contributed by atoms with Gasteiger partial charge in [0.05, 0.1) is 4.92 Å². The number of pyridine rings is 1. The highest BCUT2D eigenvalue weighted by molar-refractivity contribution is 5.28. The van der Waals surface area contributed by atoms with Crippen LogP contribution in [0.4, 0.5) is 5.69 Å². The van der Waals surface area contributed by atoms with Crippen LogP contribution in [0.5, 0.6) is 0 Å². The van der Waals surface area contributed by atoms with Crippen LogP contribution in [-0.4, -0.2) is 23.0 Å². The Morgan fingerprint density at radius 2 is 2.13 bits per heavy atom. The van der Waals surface area contributed by atoms with Gasteiger partial charge in [0.15, 0.2) is 0 Å². The van der Waals surface area contributed by atoms with Gasteiger partial charge in [0, 0.05) is 17.7 Å². The fraction of sp³-hybridized carbons (Fsp3) is 0.500. The zero-order chi connectivity index (χ0) is 10.7. The molecule has 5 heteroatoms. The van der Waals surface area contributed by atoms with Gasteiger partial charge >= 0.3 is 0 Å². The molecule has 0 atom stereocenters. The first kappa shape index (κ1) is 10.0. The van der Waals surface area contributed by atoms with Gasteiger partial charge in [0.1, 0.15) is 6.20 Å². The molecule has 1 aromatic heterocycles. The molecule has 0 saturated carbocycles. The van der Waals surface area contributed by atoms with E-state index in [4.69, 9.17) is 0 Å². The average molecular weight is 207 g/mol. The molecule has 0 spiro atoms. The second-order valence-corrected chi connectivity index (χ2v) is 3.72. The summed E-state index contributed by atoms with van der Waals surface area (Å²) in [5, 5.41) is 13.7. The van der Waals surface area contributed by atoms with E-state index >= 15 is 0 Å². The summed E-state index contributed by atoms with van der Waals surface area (Å²) < 4.78 is 0. The van der Waals surface area contributed by atoms with Crippen molar-refractivity contribution in [1.82, 2.24) is 10.3 Å². The first-order valence-corrected chi connectivity index (χ1v) is 5.08. The summed E-state index contributed by atoms with van der Waals surface area (Å²) in [4.78, 5) is 14.2. The van der Waals surface area contributed by atoms with Crippen LogP contribution >= 0.6 is 0 Å². The molecule has 0 radical (unpaired) electrons. The third-order valence-corrected chi connectivity index (χ3v) is 2.74. The summed E-state index contributed by atoms with van der Waals surface area (Å²) in [6, 6.07) is 3.30. The SMILES string of the molecule is O=[N+]([O-])c1ccc(C2CCNCC2)nc1. The lowest BCUT2D eigenvalue weighted by Crippen LogP contribution is -2.27. The fourth-order valence-electron chi connectivity index (χ4n) is 1.86. The van der Waals surface area contributed by atoms with Crippen LogP contribution in [0.25, 0.3) is 0 Å². The molecular weight excluding hydrogens is 194 g/mol. The lowest BCUT2D eigenvalue weighted by atomic mass is 9.94. The molecule has 2 heterocycles. The number of rotatable bonds is 2. The fourth-order valence-corrected chi connectivity index (χ4v) is 1.86. The van der Waals surface area contributed by atoms with E-state index < -0.39 is 4.92 Å². The van der Waals surface area contributed by atoms with Gasteiger partial charge in [-0.1, -0.05) is 0 Å². The molecule has 1 aliphatic rings. The summed E-state index contributed by atoms with van der Waals surface area (Å²) >= 11 is 0. The lowest BCUT2D eigenvalue weighted by molar-refractivity contribution is -0.385. The third-order valence-electron chi connectivity index (χ3n) is 2.74. The number of nitro groups is 1. The standard InChI is InChI=1S/C10H13N3O2/c14-13(15)9-1-2-10(12-7-9)8-3-5-11-6-4-8/h1-2,7-8,11H,3-6H2. The van der Waals surface area contributed by atoms with Crippen molar-refractivity contribution < 1.29 is 4.92 Å². The Labute approximate surface area is 87.7 Å². The van der Waals surface area contributed by atoms with Crippen molar-refractivity contribution in [3.8, 4) is 0 Å². The number of hydrogen-bond donors (Lipinski definition) is 1. The molecule has 15 heavy (non-hydrogen) atoms. The Balaban J connectivity index is 2.11. The molecule has 0 bridgehead atoms.